The molecule has 0 aliphatic carbocycles. The molecule has 3 rings (SSSR count). The van der Waals surface area contributed by atoms with E-state index in [-0.39, 0.29) is 11.4 Å². The van der Waals surface area contributed by atoms with Gasteiger partial charge in [-0.15, -0.1) is 0 Å². The molecule has 0 radical (unpaired) electrons. The summed E-state index contributed by atoms with van der Waals surface area (Å²) in [5.41, 5.74) is 7.35. The Labute approximate surface area is 149 Å². The lowest BCUT2D eigenvalue weighted by Crippen LogP contribution is -2.09. The molecule has 26 heavy (non-hydrogen) atoms. The van der Waals surface area contributed by atoms with E-state index in [1.807, 2.05) is 18.2 Å². The molecular weight excluding hydrogens is 336 g/mol. The van der Waals surface area contributed by atoms with Crippen LogP contribution in [0.25, 0.3) is 22.0 Å². The SMILES string of the molecule is COc1cc(OC)c2nc(N)c(C(=O)O)c(-c3ccccc3)c2c1OC. The van der Waals surface area contributed by atoms with Crippen molar-refractivity contribution in [2.75, 3.05) is 27.1 Å². The molecule has 0 saturated carbocycles. The van der Waals surface area contributed by atoms with E-state index in [0.29, 0.717) is 39.3 Å². The van der Waals surface area contributed by atoms with E-state index in [0.717, 1.165) is 0 Å². The minimum Gasteiger partial charge on any atom is -0.494 e. The number of nitrogen functional groups attached to an aromatic ring is 1. The number of rotatable bonds is 5. The van der Waals surface area contributed by atoms with Crippen LogP contribution in [-0.2, 0) is 0 Å². The maximum atomic E-state index is 11.9. The van der Waals surface area contributed by atoms with Gasteiger partial charge < -0.3 is 25.1 Å². The van der Waals surface area contributed by atoms with Gasteiger partial charge in [0, 0.05) is 11.6 Å². The summed E-state index contributed by atoms with van der Waals surface area (Å²) in [7, 11) is 4.47. The van der Waals surface area contributed by atoms with Gasteiger partial charge in [0.15, 0.2) is 11.5 Å². The molecule has 1 aromatic heterocycles. The Bertz CT molecular complexity index is 987. The number of methoxy groups -OCH3 is 3. The van der Waals surface area contributed by atoms with Crippen molar-refractivity contribution < 1.29 is 24.1 Å². The summed E-state index contributed by atoms with van der Waals surface area (Å²) in [5, 5.41) is 10.2. The lowest BCUT2D eigenvalue weighted by molar-refractivity contribution is 0.0698. The number of nitrogens with zero attached hydrogens (tertiary/aromatic N) is 1. The van der Waals surface area contributed by atoms with Crippen molar-refractivity contribution in [1.29, 1.82) is 0 Å². The Morgan fingerprint density at radius 3 is 2.23 bits per heavy atom. The van der Waals surface area contributed by atoms with Crippen LogP contribution in [0.5, 0.6) is 17.2 Å². The van der Waals surface area contributed by atoms with E-state index in [9.17, 15) is 9.90 Å². The van der Waals surface area contributed by atoms with Crippen molar-refractivity contribution in [2.45, 2.75) is 0 Å². The van der Waals surface area contributed by atoms with Crippen LogP contribution in [0.2, 0.25) is 0 Å². The summed E-state index contributed by atoms with van der Waals surface area (Å²) in [4.78, 5) is 16.2. The number of pyridine rings is 1. The summed E-state index contributed by atoms with van der Waals surface area (Å²) in [6, 6.07) is 10.7. The molecule has 0 unspecified atom stereocenters. The average Bonchev–Trinajstić information content (AvgIpc) is 2.66. The zero-order valence-corrected chi connectivity index (χ0v) is 14.6. The summed E-state index contributed by atoms with van der Waals surface area (Å²) in [6.07, 6.45) is 0. The molecule has 0 amide bonds. The Morgan fingerprint density at radius 2 is 1.69 bits per heavy atom. The second-order valence-corrected chi connectivity index (χ2v) is 5.46. The first-order valence-corrected chi connectivity index (χ1v) is 7.74. The molecule has 0 aliphatic rings. The monoisotopic (exact) mass is 354 g/mol. The van der Waals surface area contributed by atoms with Crippen LogP contribution in [-0.4, -0.2) is 37.4 Å². The van der Waals surface area contributed by atoms with E-state index < -0.39 is 5.97 Å². The summed E-state index contributed by atoms with van der Waals surface area (Å²) < 4.78 is 16.3. The van der Waals surface area contributed by atoms with Crippen molar-refractivity contribution in [1.82, 2.24) is 4.98 Å². The van der Waals surface area contributed by atoms with Gasteiger partial charge in [-0.2, -0.15) is 0 Å². The van der Waals surface area contributed by atoms with E-state index in [1.54, 1.807) is 18.2 Å². The molecule has 0 fully saturated rings. The maximum absolute atomic E-state index is 11.9. The molecule has 0 aliphatic heterocycles. The van der Waals surface area contributed by atoms with Gasteiger partial charge >= 0.3 is 5.97 Å². The first-order valence-electron chi connectivity index (χ1n) is 7.74. The van der Waals surface area contributed by atoms with Gasteiger partial charge in [-0.25, -0.2) is 9.78 Å². The van der Waals surface area contributed by atoms with Crippen LogP contribution < -0.4 is 19.9 Å². The van der Waals surface area contributed by atoms with E-state index >= 15 is 0 Å². The van der Waals surface area contributed by atoms with Gasteiger partial charge in [0.05, 0.1) is 26.7 Å². The Balaban J connectivity index is 2.63. The predicted molar refractivity (Wildman–Crippen MR) is 98.2 cm³/mol. The Hall–Kier alpha value is -3.48. The number of carbonyl (C=O) groups is 1. The third kappa shape index (κ3) is 2.63. The van der Waals surface area contributed by atoms with Crippen molar-refractivity contribution in [3.8, 4) is 28.4 Å². The Morgan fingerprint density at radius 1 is 1.04 bits per heavy atom. The molecular formula is C19H18N2O5. The summed E-state index contributed by atoms with van der Waals surface area (Å²) in [6.45, 7) is 0. The van der Waals surface area contributed by atoms with Gasteiger partial charge in [0.1, 0.15) is 22.6 Å². The molecule has 134 valence electrons. The minimum atomic E-state index is -1.18. The second-order valence-electron chi connectivity index (χ2n) is 5.46. The van der Waals surface area contributed by atoms with E-state index in [2.05, 4.69) is 4.98 Å². The van der Waals surface area contributed by atoms with Crippen LogP contribution in [0, 0.1) is 0 Å². The van der Waals surface area contributed by atoms with E-state index in [4.69, 9.17) is 19.9 Å². The van der Waals surface area contributed by atoms with Crippen LogP contribution in [0.4, 0.5) is 5.82 Å². The molecule has 0 atom stereocenters. The number of carboxylic acids is 1. The Kier molecular flexibility index (Phi) is 4.53. The number of aromatic carboxylic acids is 1. The smallest absolute Gasteiger partial charge is 0.340 e. The first-order chi connectivity index (χ1) is 12.5. The molecule has 3 N–H and O–H groups in total. The molecule has 0 spiro atoms. The number of benzene rings is 2. The highest BCUT2D eigenvalue weighted by atomic mass is 16.5. The van der Waals surface area contributed by atoms with Crippen LogP contribution in [0.3, 0.4) is 0 Å². The van der Waals surface area contributed by atoms with Crippen LogP contribution in [0.1, 0.15) is 10.4 Å². The number of fused-ring (bicyclic) bond motifs is 1. The summed E-state index contributed by atoms with van der Waals surface area (Å²) >= 11 is 0. The fourth-order valence-electron chi connectivity index (χ4n) is 3.00. The van der Waals surface area contributed by atoms with Crippen LogP contribution in [0.15, 0.2) is 36.4 Å². The highest BCUT2D eigenvalue weighted by molar-refractivity contribution is 6.13. The van der Waals surface area contributed by atoms with Gasteiger partial charge in [-0.3, -0.25) is 0 Å². The molecule has 0 bridgehead atoms. The van der Waals surface area contributed by atoms with E-state index in [1.165, 1.54) is 21.3 Å². The quantitative estimate of drug-likeness (QED) is 0.725. The van der Waals surface area contributed by atoms with Gasteiger partial charge in [0.25, 0.3) is 0 Å². The first kappa shape index (κ1) is 17.3. The fourth-order valence-corrected chi connectivity index (χ4v) is 3.00. The van der Waals surface area contributed by atoms with Crippen LogP contribution >= 0.6 is 0 Å². The van der Waals surface area contributed by atoms with Crippen molar-refractivity contribution >= 4 is 22.7 Å². The molecule has 7 heteroatoms. The summed E-state index contributed by atoms with van der Waals surface area (Å²) in [5.74, 6) is -0.124. The van der Waals surface area contributed by atoms with Gasteiger partial charge in [-0.1, -0.05) is 30.3 Å². The highest BCUT2D eigenvalue weighted by Crippen LogP contribution is 2.47. The number of aromatic nitrogens is 1. The fraction of sp³-hybridized carbons (Fsp3) is 0.158. The zero-order valence-electron chi connectivity index (χ0n) is 14.6. The number of anilines is 1. The molecule has 1 heterocycles. The third-order valence-electron chi connectivity index (χ3n) is 4.09. The number of nitrogens with two attached hydrogens (primary N) is 1. The van der Waals surface area contributed by atoms with Crippen molar-refractivity contribution in [3.63, 3.8) is 0 Å². The number of carboxylic acid groups (broad SMARTS) is 1. The molecule has 3 aromatic rings. The van der Waals surface area contributed by atoms with Gasteiger partial charge in [-0.05, 0) is 5.56 Å². The number of hydrogen-bond donors (Lipinski definition) is 2. The predicted octanol–water partition coefficient (Wildman–Crippen LogP) is 3.21. The standard InChI is InChI=1S/C19H18N2O5/c1-24-11-9-12(25-2)17(26-3)14-13(10-7-5-4-6-8-10)15(19(22)23)18(20)21-16(11)14/h4-9H,1-3H3,(H2,20,21)(H,22,23). The molecule has 2 aromatic carbocycles. The maximum Gasteiger partial charge on any atom is 0.340 e. The lowest BCUT2D eigenvalue weighted by Gasteiger charge is -2.19. The largest absolute Gasteiger partial charge is 0.494 e. The average molecular weight is 354 g/mol. The molecule has 0 saturated heterocycles. The van der Waals surface area contributed by atoms with Gasteiger partial charge in [0.2, 0.25) is 0 Å². The number of hydrogen-bond acceptors (Lipinski definition) is 6. The van der Waals surface area contributed by atoms with Crippen molar-refractivity contribution in [3.05, 3.63) is 42.0 Å². The normalized spacial score (nSPS) is 10.6. The lowest BCUT2D eigenvalue weighted by atomic mass is 9.94. The topological polar surface area (TPSA) is 104 Å². The second kappa shape index (κ2) is 6.79. The van der Waals surface area contributed by atoms with Crippen molar-refractivity contribution in [2.24, 2.45) is 0 Å². The molecule has 7 nitrogen and oxygen atoms in total. The third-order valence-corrected chi connectivity index (χ3v) is 4.09. The minimum absolute atomic E-state index is 0.0997. The highest BCUT2D eigenvalue weighted by Gasteiger charge is 2.26. The zero-order chi connectivity index (χ0) is 18.8. The number of ether oxygens (including phenoxy) is 3.